The van der Waals surface area contributed by atoms with E-state index < -0.39 is 0 Å². The Morgan fingerprint density at radius 3 is 0.917 bits per heavy atom. The lowest BCUT2D eigenvalue weighted by molar-refractivity contribution is -0.193. The standard InChI is InChI=1S/C34H58N2/c1-5-13-29(14-6-1)35(30-15-7-2-8-16-30)33-22-27-21-28(23-33)25-34(24-27,26-33)36(31-17-9-3-10-18-31)32-19-11-4-12-20-32/h27-32H,1-26H2. The second-order valence-corrected chi connectivity index (χ2v) is 15.4. The molecule has 8 saturated carbocycles. The van der Waals surface area contributed by atoms with Crippen LogP contribution in [-0.2, 0) is 0 Å². The van der Waals surface area contributed by atoms with Gasteiger partial charge >= 0.3 is 0 Å². The van der Waals surface area contributed by atoms with Crippen molar-refractivity contribution in [3.63, 3.8) is 0 Å². The molecule has 0 aromatic heterocycles. The Kier molecular flexibility index (Phi) is 7.26. The molecule has 36 heavy (non-hydrogen) atoms. The van der Waals surface area contributed by atoms with Crippen LogP contribution in [0.4, 0.5) is 0 Å². The van der Waals surface area contributed by atoms with Crippen LogP contribution in [0.25, 0.3) is 0 Å². The van der Waals surface area contributed by atoms with Crippen molar-refractivity contribution in [1.29, 1.82) is 0 Å². The summed E-state index contributed by atoms with van der Waals surface area (Å²) in [5.74, 6) is 2.08. The summed E-state index contributed by atoms with van der Waals surface area (Å²) in [5.41, 5.74) is 1.13. The lowest BCUT2D eigenvalue weighted by Crippen LogP contribution is -2.74. The average Bonchev–Trinajstić information content (AvgIpc) is 2.90. The third-order valence-electron chi connectivity index (χ3n) is 13.0. The summed E-state index contributed by atoms with van der Waals surface area (Å²) in [6.07, 6.45) is 39.8. The Morgan fingerprint density at radius 2 is 0.639 bits per heavy atom. The number of hydrogen-bond donors (Lipinski definition) is 0. The SMILES string of the molecule is C1CCC(N(C2CCCCC2)C23CC4CC(C2)CC(N(C2CCCCC2)C2CCCCC2)(C4)C3)CC1. The first kappa shape index (κ1) is 24.9. The summed E-state index contributed by atoms with van der Waals surface area (Å²) in [7, 11) is 0. The minimum atomic E-state index is 0.565. The molecule has 0 unspecified atom stereocenters. The van der Waals surface area contributed by atoms with Gasteiger partial charge in [-0.2, -0.15) is 0 Å². The molecule has 0 aromatic carbocycles. The topological polar surface area (TPSA) is 6.48 Å². The highest BCUT2D eigenvalue weighted by atomic mass is 15.3. The third-order valence-corrected chi connectivity index (χ3v) is 13.0. The first-order valence-corrected chi connectivity index (χ1v) is 17.3. The van der Waals surface area contributed by atoms with Crippen LogP contribution in [0.15, 0.2) is 0 Å². The van der Waals surface area contributed by atoms with Crippen LogP contribution in [0.2, 0.25) is 0 Å². The Labute approximate surface area is 223 Å². The maximum absolute atomic E-state index is 3.39. The molecule has 4 bridgehead atoms. The highest BCUT2D eigenvalue weighted by molar-refractivity contribution is 5.19. The van der Waals surface area contributed by atoms with Crippen molar-refractivity contribution in [3.05, 3.63) is 0 Å². The van der Waals surface area contributed by atoms with E-state index >= 15 is 0 Å². The second kappa shape index (κ2) is 10.5. The minimum Gasteiger partial charge on any atom is -0.292 e. The molecular formula is C34H58N2. The van der Waals surface area contributed by atoms with Gasteiger partial charge in [-0.1, -0.05) is 77.0 Å². The van der Waals surface area contributed by atoms with Crippen molar-refractivity contribution in [2.75, 3.05) is 0 Å². The molecule has 0 saturated heterocycles. The molecule has 0 aromatic rings. The van der Waals surface area contributed by atoms with E-state index in [4.69, 9.17) is 0 Å². The lowest BCUT2D eigenvalue weighted by Gasteiger charge is -2.71. The first-order chi connectivity index (χ1) is 17.7. The van der Waals surface area contributed by atoms with E-state index in [2.05, 4.69) is 9.80 Å². The van der Waals surface area contributed by atoms with Crippen molar-refractivity contribution < 1.29 is 0 Å². The molecule has 0 radical (unpaired) electrons. The van der Waals surface area contributed by atoms with Crippen molar-refractivity contribution in [1.82, 2.24) is 9.80 Å². The summed E-state index contributed by atoms with van der Waals surface area (Å²) in [6.45, 7) is 0. The molecule has 0 N–H and O–H groups in total. The van der Waals surface area contributed by atoms with Crippen LogP contribution in [0, 0.1) is 11.8 Å². The summed E-state index contributed by atoms with van der Waals surface area (Å²) in [6, 6.07) is 3.70. The Balaban J connectivity index is 1.25. The van der Waals surface area contributed by atoms with Gasteiger partial charge in [0.25, 0.3) is 0 Å². The van der Waals surface area contributed by atoms with E-state index in [1.807, 2.05) is 0 Å². The van der Waals surface area contributed by atoms with Crippen LogP contribution in [0.5, 0.6) is 0 Å². The van der Waals surface area contributed by atoms with Crippen molar-refractivity contribution in [2.45, 2.75) is 202 Å². The molecule has 8 aliphatic rings. The molecule has 204 valence electrons. The molecule has 0 atom stereocenters. The summed E-state index contributed by atoms with van der Waals surface area (Å²) >= 11 is 0. The van der Waals surface area contributed by atoms with Gasteiger partial charge in [0.1, 0.15) is 0 Å². The Hall–Kier alpha value is -0.0800. The molecule has 2 heteroatoms. The Bertz CT molecular complexity index is 613. The largest absolute Gasteiger partial charge is 0.292 e. The molecule has 8 aliphatic carbocycles. The molecule has 0 spiro atoms. The zero-order valence-electron chi connectivity index (χ0n) is 23.7. The van der Waals surface area contributed by atoms with Crippen molar-refractivity contribution in [2.24, 2.45) is 11.8 Å². The van der Waals surface area contributed by atoms with Gasteiger partial charge in [-0.25, -0.2) is 0 Å². The maximum Gasteiger partial charge on any atom is 0.0238 e. The predicted molar refractivity (Wildman–Crippen MR) is 151 cm³/mol. The zero-order chi connectivity index (χ0) is 24.0. The third kappa shape index (κ3) is 4.55. The molecule has 2 nitrogen and oxygen atoms in total. The molecule has 8 fully saturated rings. The van der Waals surface area contributed by atoms with Gasteiger partial charge in [-0.3, -0.25) is 9.80 Å². The quantitative estimate of drug-likeness (QED) is 0.363. The minimum absolute atomic E-state index is 0.565. The fourth-order valence-corrected chi connectivity index (χ4v) is 12.4. The number of nitrogens with zero attached hydrogens (tertiary/aromatic N) is 2. The molecule has 8 rings (SSSR count). The smallest absolute Gasteiger partial charge is 0.0238 e. The van der Waals surface area contributed by atoms with Gasteiger partial charge in [0.15, 0.2) is 0 Å². The number of hydrogen-bond acceptors (Lipinski definition) is 2. The summed E-state index contributed by atoms with van der Waals surface area (Å²) in [5, 5.41) is 0. The van der Waals surface area contributed by atoms with Crippen LogP contribution < -0.4 is 0 Å². The van der Waals surface area contributed by atoms with Gasteiger partial charge < -0.3 is 0 Å². The van der Waals surface area contributed by atoms with Crippen LogP contribution in [0.1, 0.15) is 167 Å². The lowest BCUT2D eigenvalue weighted by atomic mass is 9.48. The van der Waals surface area contributed by atoms with E-state index in [-0.39, 0.29) is 0 Å². The highest BCUT2D eigenvalue weighted by Gasteiger charge is 2.64. The van der Waals surface area contributed by atoms with Gasteiger partial charge in [0.05, 0.1) is 0 Å². The fraction of sp³-hybridized carbons (Fsp3) is 1.00. The molecule has 0 amide bonds. The molecule has 0 heterocycles. The maximum atomic E-state index is 3.39. The van der Waals surface area contributed by atoms with Crippen molar-refractivity contribution >= 4 is 0 Å². The van der Waals surface area contributed by atoms with Gasteiger partial charge in [0, 0.05) is 35.2 Å². The first-order valence-electron chi connectivity index (χ1n) is 17.3. The van der Waals surface area contributed by atoms with Crippen molar-refractivity contribution in [3.8, 4) is 0 Å². The zero-order valence-corrected chi connectivity index (χ0v) is 23.7. The van der Waals surface area contributed by atoms with E-state index in [1.54, 1.807) is 38.5 Å². The predicted octanol–water partition coefficient (Wildman–Crippen LogP) is 9.01. The van der Waals surface area contributed by atoms with E-state index in [9.17, 15) is 0 Å². The molecular weight excluding hydrogens is 436 g/mol. The normalized spacial score (nSPS) is 41.5. The van der Waals surface area contributed by atoms with Crippen LogP contribution >= 0.6 is 0 Å². The van der Waals surface area contributed by atoms with Crippen LogP contribution in [0.3, 0.4) is 0 Å². The fourth-order valence-electron chi connectivity index (χ4n) is 12.4. The molecule has 0 aliphatic heterocycles. The van der Waals surface area contributed by atoms with Crippen LogP contribution in [-0.4, -0.2) is 45.0 Å². The monoisotopic (exact) mass is 494 g/mol. The van der Waals surface area contributed by atoms with E-state index in [1.165, 1.54) is 128 Å². The summed E-state index contributed by atoms with van der Waals surface area (Å²) in [4.78, 5) is 6.77. The van der Waals surface area contributed by atoms with Gasteiger partial charge in [0.2, 0.25) is 0 Å². The number of rotatable bonds is 6. The van der Waals surface area contributed by atoms with Gasteiger partial charge in [-0.15, -0.1) is 0 Å². The highest BCUT2D eigenvalue weighted by Crippen LogP contribution is 2.64. The second-order valence-electron chi connectivity index (χ2n) is 15.4. The van der Waals surface area contributed by atoms with Gasteiger partial charge in [-0.05, 0) is 102 Å². The van der Waals surface area contributed by atoms with E-state index in [0.717, 1.165) is 36.0 Å². The Morgan fingerprint density at radius 1 is 0.361 bits per heavy atom. The van der Waals surface area contributed by atoms with E-state index in [0.29, 0.717) is 11.1 Å². The summed E-state index contributed by atoms with van der Waals surface area (Å²) < 4.78 is 0. The average molecular weight is 495 g/mol.